The van der Waals surface area contributed by atoms with Gasteiger partial charge in [0.05, 0.1) is 6.54 Å². The molecule has 0 spiro atoms. The van der Waals surface area contributed by atoms with Crippen LogP contribution in [0.2, 0.25) is 0 Å². The average molecular weight is 306 g/mol. The number of carboxylic acids is 1. The summed E-state index contributed by atoms with van der Waals surface area (Å²) in [6.45, 7) is 1.51. The summed E-state index contributed by atoms with van der Waals surface area (Å²) in [5.41, 5.74) is 0.965. The molecule has 0 atom stereocenters. The van der Waals surface area contributed by atoms with Crippen LogP contribution in [0.5, 0.6) is 0 Å². The lowest BCUT2D eigenvalue weighted by atomic mass is 10.0. The van der Waals surface area contributed by atoms with E-state index in [1.165, 1.54) is 0 Å². The Morgan fingerprint density at radius 1 is 1.27 bits per heavy atom. The minimum atomic E-state index is -0.827. The first-order valence-electron chi connectivity index (χ1n) is 7.44. The third-order valence-corrected chi connectivity index (χ3v) is 3.94. The molecule has 1 amide bonds. The summed E-state index contributed by atoms with van der Waals surface area (Å²) in [7, 11) is 1.81. The van der Waals surface area contributed by atoms with E-state index >= 15 is 0 Å². The van der Waals surface area contributed by atoms with Crippen molar-refractivity contribution in [3.05, 3.63) is 35.9 Å². The molecule has 22 heavy (non-hydrogen) atoms. The maximum absolute atomic E-state index is 12.0. The van der Waals surface area contributed by atoms with E-state index in [-0.39, 0.29) is 25.3 Å². The Morgan fingerprint density at radius 3 is 2.50 bits per heavy atom. The fourth-order valence-electron chi connectivity index (χ4n) is 2.64. The van der Waals surface area contributed by atoms with Crippen LogP contribution >= 0.6 is 0 Å². The van der Waals surface area contributed by atoms with Crippen molar-refractivity contribution in [3.63, 3.8) is 0 Å². The third-order valence-electron chi connectivity index (χ3n) is 3.94. The Labute approximate surface area is 130 Å². The summed E-state index contributed by atoms with van der Waals surface area (Å²) < 4.78 is 5.31. The number of carbonyl (C=O) groups is 2. The molecule has 2 rings (SSSR count). The second-order valence-electron chi connectivity index (χ2n) is 5.57. The largest absolute Gasteiger partial charge is 0.480 e. The van der Waals surface area contributed by atoms with Crippen LogP contribution in [0.4, 0.5) is 4.79 Å². The summed E-state index contributed by atoms with van der Waals surface area (Å²) in [5, 5.41) is 8.81. The Bertz CT molecular complexity index is 498. The number of hydrogen-bond donors (Lipinski definition) is 1. The van der Waals surface area contributed by atoms with Crippen molar-refractivity contribution in [3.8, 4) is 0 Å². The smallest absolute Gasteiger partial charge is 0.410 e. The highest BCUT2D eigenvalue weighted by Crippen LogP contribution is 2.16. The topological polar surface area (TPSA) is 70.1 Å². The van der Waals surface area contributed by atoms with E-state index in [1.54, 1.807) is 4.90 Å². The number of nitrogens with zero attached hydrogens (tertiary/aromatic N) is 2. The number of likely N-dealkylation sites (N-methyl/N-ethyl adjacent to an activating group) is 1. The zero-order chi connectivity index (χ0) is 15.9. The number of likely N-dealkylation sites (tertiary alicyclic amines) is 1. The molecule has 0 radical (unpaired) electrons. The lowest BCUT2D eigenvalue weighted by Crippen LogP contribution is -2.46. The molecule has 1 aromatic rings. The highest BCUT2D eigenvalue weighted by Gasteiger charge is 2.26. The number of benzene rings is 1. The summed E-state index contributed by atoms with van der Waals surface area (Å²) >= 11 is 0. The van der Waals surface area contributed by atoms with Crippen molar-refractivity contribution in [2.24, 2.45) is 0 Å². The van der Waals surface area contributed by atoms with Gasteiger partial charge < -0.3 is 14.7 Å². The highest BCUT2D eigenvalue weighted by atomic mass is 16.6. The maximum atomic E-state index is 12.0. The van der Waals surface area contributed by atoms with E-state index < -0.39 is 5.97 Å². The molecule has 0 saturated carbocycles. The summed E-state index contributed by atoms with van der Waals surface area (Å²) in [6, 6.07) is 9.78. The van der Waals surface area contributed by atoms with Crippen LogP contribution in [0.1, 0.15) is 18.4 Å². The van der Waals surface area contributed by atoms with Crippen LogP contribution in [0.25, 0.3) is 0 Å². The van der Waals surface area contributed by atoms with Crippen LogP contribution < -0.4 is 0 Å². The van der Waals surface area contributed by atoms with Gasteiger partial charge >= 0.3 is 12.1 Å². The Hall–Kier alpha value is -2.08. The molecule has 0 bridgehead atoms. The summed E-state index contributed by atoms with van der Waals surface area (Å²) in [5.74, 6) is -0.827. The van der Waals surface area contributed by atoms with Gasteiger partial charge in [0, 0.05) is 19.1 Å². The summed E-state index contributed by atoms with van der Waals surface area (Å²) in [4.78, 5) is 26.3. The monoisotopic (exact) mass is 306 g/mol. The molecule has 0 aliphatic carbocycles. The fourth-order valence-corrected chi connectivity index (χ4v) is 2.64. The second kappa shape index (κ2) is 7.79. The first-order chi connectivity index (χ1) is 10.6. The first-order valence-corrected chi connectivity index (χ1v) is 7.44. The molecule has 1 aliphatic heterocycles. The molecule has 0 aromatic heterocycles. The van der Waals surface area contributed by atoms with Crippen LogP contribution in [0.3, 0.4) is 0 Å². The van der Waals surface area contributed by atoms with E-state index in [1.807, 2.05) is 42.3 Å². The Kier molecular flexibility index (Phi) is 5.77. The van der Waals surface area contributed by atoms with E-state index in [4.69, 9.17) is 9.84 Å². The van der Waals surface area contributed by atoms with Gasteiger partial charge in [0.1, 0.15) is 6.61 Å². The minimum absolute atomic E-state index is 0.0309. The van der Waals surface area contributed by atoms with Gasteiger partial charge in [-0.05, 0) is 25.5 Å². The van der Waals surface area contributed by atoms with E-state index in [0.29, 0.717) is 13.1 Å². The molecule has 1 saturated heterocycles. The first kappa shape index (κ1) is 16.3. The molecule has 120 valence electrons. The molecule has 1 aromatic carbocycles. The lowest BCUT2D eigenvalue weighted by molar-refractivity contribution is -0.138. The number of aliphatic carboxylic acids is 1. The van der Waals surface area contributed by atoms with E-state index in [0.717, 1.165) is 18.4 Å². The van der Waals surface area contributed by atoms with Crippen molar-refractivity contribution >= 4 is 12.1 Å². The number of ether oxygens (including phenoxy) is 1. The highest BCUT2D eigenvalue weighted by molar-refractivity contribution is 5.69. The van der Waals surface area contributed by atoms with Gasteiger partial charge in [-0.25, -0.2) is 4.79 Å². The Balaban J connectivity index is 1.74. The molecule has 1 fully saturated rings. The van der Waals surface area contributed by atoms with Crippen molar-refractivity contribution in [1.29, 1.82) is 0 Å². The normalized spacial score (nSPS) is 15.8. The molecular weight excluding hydrogens is 284 g/mol. The third kappa shape index (κ3) is 4.73. The van der Waals surface area contributed by atoms with Crippen molar-refractivity contribution in [1.82, 2.24) is 9.80 Å². The van der Waals surface area contributed by atoms with Gasteiger partial charge in [-0.2, -0.15) is 0 Å². The SMILES string of the molecule is CN(CC(=O)O)C1CCN(C(=O)OCc2ccccc2)CC1. The number of hydrogen-bond acceptors (Lipinski definition) is 4. The predicted octanol–water partition coefficient (Wildman–Crippen LogP) is 1.80. The van der Waals surface area contributed by atoms with Gasteiger partial charge in [-0.3, -0.25) is 9.69 Å². The molecule has 6 nitrogen and oxygen atoms in total. The number of piperidine rings is 1. The van der Waals surface area contributed by atoms with E-state index in [9.17, 15) is 9.59 Å². The molecule has 1 N–H and O–H groups in total. The second-order valence-corrected chi connectivity index (χ2v) is 5.57. The van der Waals surface area contributed by atoms with E-state index in [2.05, 4.69) is 0 Å². The number of carboxylic acid groups (broad SMARTS) is 1. The van der Waals surface area contributed by atoms with Gasteiger partial charge in [-0.15, -0.1) is 0 Å². The lowest BCUT2D eigenvalue weighted by Gasteiger charge is -2.35. The predicted molar refractivity (Wildman–Crippen MR) is 81.5 cm³/mol. The number of amides is 1. The van der Waals surface area contributed by atoms with Crippen LogP contribution in [-0.2, 0) is 16.1 Å². The Morgan fingerprint density at radius 2 is 1.91 bits per heavy atom. The molecular formula is C16H22N2O4. The number of carbonyl (C=O) groups excluding carboxylic acids is 1. The number of rotatable bonds is 5. The van der Waals surface area contributed by atoms with Crippen LogP contribution in [0, 0.1) is 0 Å². The molecule has 1 heterocycles. The van der Waals surface area contributed by atoms with Gasteiger partial charge in [0.15, 0.2) is 0 Å². The van der Waals surface area contributed by atoms with Crippen molar-refractivity contribution < 1.29 is 19.4 Å². The van der Waals surface area contributed by atoms with Crippen LogP contribution in [0.15, 0.2) is 30.3 Å². The quantitative estimate of drug-likeness (QED) is 0.898. The summed E-state index contributed by atoms with van der Waals surface area (Å²) in [6.07, 6.45) is 1.23. The van der Waals surface area contributed by atoms with Crippen molar-refractivity contribution in [2.45, 2.75) is 25.5 Å². The average Bonchev–Trinajstić information content (AvgIpc) is 2.53. The standard InChI is InChI=1S/C16H22N2O4/c1-17(11-15(19)20)14-7-9-18(10-8-14)16(21)22-12-13-5-3-2-4-6-13/h2-6,14H,7-12H2,1H3,(H,19,20). The van der Waals surface area contributed by atoms with Gasteiger partial charge in [0.25, 0.3) is 0 Å². The van der Waals surface area contributed by atoms with Crippen LogP contribution in [-0.4, -0.2) is 59.7 Å². The molecule has 6 heteroatoms. The van der Waals surface area contributed by atoms with Gasteiger partial charge in [-0.1, -0.05) is 30.3 Å². The minimum Gasteiger partial charge on any atom is -0.480 e. The zero-order valence-corrected chi connectivity index (χ0v) is 12.8. The maximum Gasteiger partial charge on any atom is 0.410 e. The van der Waals surface area contributed by atoms with Crippen molar-refractivity contribution in [2.75, 3.05) is 26.7 Å². The molecule has 1 aliphatic rings. The zero-order valence-electron chi connectivity index (χ0n) is 12.8. The molecule has 0 unspecified atom stereocenters. The van der Waals surface area contributed by atoms with Gasteiger partial charge in [0.2, 0.25) is 0 Å². The fraction of sp³-hybridized carbons (Fsp3) is 0.500.